The fourth-order valence-electron chi connectivity index (χ4n) is 2.30. The maximum absolute atomic E-state index is 12.5. The molecular formula is C14H16BrClN2O2. The fraction of sp³-hybridized carbons (Fsp3) is 0.429. The van der Waals surface area contributed by atoms with Crippen molar-refractivity contribution in [3.63, 3.8) is 0 Å². The van der Waals surface area contributed by atoms with E-state index in [9.17, 15) is 9.59 Å². The van der Waals surface area contributed by atoms with Crippen molar-refractivity contribution in [2.24, 2.45) is 0 Å². The first kappa shape index (κ1) is 15.3. The molecule has 1 heterocycles. The summed E-state index contributed by atoms with van der Waals surface area (Å²) in [7, 11) is 0. The Balaban J connectivity index is 2.37. The minimum absolute atomic E-state index is 0.0758. The predicted octanol–water partition coefficient (Wildman–Crippen LogP) is 3.12. The summed E-state index contributed by atoms with van der Waals surface area (Å²) in [5.74, 6) is -0.206. The topological polar surface area (TPSA) is 49.4 Å². The van der Waals surface area contributed by atoms with Crippen molar-refractivity contribution in [1.82, 2.24) is 5.32 Å². The Morgan fingerprint density at radius 1 is 1.40 bits per heavy atom. The van der Waals surface area contributed by atoms with Gasteiger partial charge in [0.1, 0.15) is 12.1 Å². The van der Waals surface area contributed by atoms with Crippen molar-refractivity contribution >= 4 is 45.0 Å². The van der Waals surface area contributed by atoms with Crippen LogP contribution in [0.4, 0.5) is 5.69 Å². The smallest absolute Gasteiger partial charge is 0.250 e. The predicted molar refractivity (Wildman–Crippen MR) is 82.9 cm³/mol. The van der Waals surface area contributed by atoms with E-state index in [0.29, 0.717) is 21.6 Å². The quantitative estimate of drug-likeness (QED) is 0.901. The number of carbonyl (C=O) groups is 2. The Hall–Kier alpha value is -1.07. The summed E-state index contributed by atoms with van der Waals surface area (Å²) in [4.78, 5) is 26.1. The third kappa shape index (κ3) is 2.83. The molecule has 0 aliphatic carbocycles. The van der Waals surface area contributed by atoms with E-state index in [1.165, 1.54) is 0 Å². The molecular weight excluding hydrogens is 344 g/mol. The number of piperazine rings is 1. The van der Waals surface area contributed by atoms with Crippen LogP contribution in [0.15, 0.2) is 22.7 Å². The highest BCUT2D eigenvalue weighted by molar-refractivity contribution is 9.10. The van der Waals surface area contributed by atoms with Gasteiger partial charge in [0.15, 0.2) is 0 Å². The number of anilines is 1. The highest BCUT2D eigenvalue weighted by Crippen LogP contribution is 2.30. The maximum Gasteiger partial charge on any atom is 0.250 e. The monoisotopic (exact) mass is 358 g/mol. The van der Waals surface area contributed by atoms with E-state index in [-0.39, 0.29) is 11.8 Å². The Bertz CT molecular complexity index is 550. The van der Waals surface area contributed by atoms with Gasteiger partial charge in [0, 0.05) is 10.2 Å². The van der Waals surface area contributed by atoms with E-state index < -0.39 is 12.1 Å². The van der Waals surface area contributed by atoms with Gasteiger partial charge in [-0.3, -0.25) is 14.5 Å². The molecule has 1 aromatic rings. The van der Waals surface area contributed by atoms with Gasteiger partial charge in [-0.1, -0.05) is 24.9 Å². The van der Waals surface area contributed by atoms with Crippen LogP contribution in [0.25, 0.3) is 0 Å². The number of halogens is 2. The summed E-state index contributed by atoms with van der Waals surface area (Å²) in [6, 6.07) is 4.26. The highest BCUT2D eigenvalue weighted by Gasteiger charge is 2.38. The standard InChI is InChI=1S/C14H16BrClN2O2/c1-3-4-12-14(20)18(8(2)13(19)17-12)9-5-6-11(16)10(15)7-9/h5-8,12H,3-4H2,1-2H3,(H,17,19). The summed E-state index contributed by atoms with van der Waals surface area (Å²) in [6.07, 6.45) is 1.48. The Kier molecular flexibility index (Phi) is 4.70. The second-order valence-electron chi connectivity index (χ2n) is 4.83. The number of hydrogen-bond acceptors (Lipinski definition) is 2. The van der Waals surface area contributed by atoms with Crippen LogP contribution in [0, 0.1) is 0 Å². The Morgan fingerprint density at radius 3 is 2.70 bits per heavy atom. The van der Waals surface area contributed by atoms with Crippen LogP contribution in [0.2, 0.25) is 5.02 Å². The third-order valence-corrected chi connectivity index (χ3v) is 4.59. The first-order valence-electron chi connectivity index (χ1n) is 6.54. The summed E-state index contributed by atoms with van der Waals surface area (Å²) in [5, 5.41) is 3.34. The molecule has 1 saturated heterocycles. The summed E-state index contributed by atoms with van der Waals surface area (Å²) < 4.78 is 0.703. The molecule has 108 valence electrons. The van der Waals surface area contributed by atoms with Gasteiger partial charge in [-0.2, -0.15) is 0 Å². The molecule has 4 nitrogen and oxygen atoms in total. The molecule has 1 fully saturated rings. The zero-order chi connectivity index (χ0) is 14.9. The number of nitrogens with one attached hydrogen (secondary N) is 1. The van der Waals surface area contributed by atoms with Crippen molar-refractivity contribution in [3.8, 4) is 0 Å². The van der Waals surface area contributed by atoms with Gasteiger partial charge in [-0.05, 0) is 47.5 Å². The lowest BCUT2D eigenvalue weighted by molar-refractivity contribution is -0.133. The van der Waals surface area contributed by atoms with Gasteiger partial charge in [0.25, 0.3) is 0 Å². The largest absolute Gasteiger partial charge is 0.342 e. The molecule has 1 aromatic carbocycles. The number of hydrogen-bond donors (Lipinski definition) is 1. The van der Waals surface area contributed by atoms with Crippen LogP contribution in [0.5, 0.6) is 0 Å². The van der Waals surface area contributed by atoms with Crippen LogP contribution < -0.4 is 10.2 Å². The van der Waals surface area contributed by atoms with Gasteiger partial charge in [0.05, 0.1) is 5.02 Å². The molecule has 1 aliphatic rings. The second-order valence-corrected chi connectivity index (χ2v) is 6.09. The number of nitrogens with zero attached hydrogens (tertiary/aromatic N) is 1. The fourth-order valence-corrected chi connectivity index (χ4v) is 2.78. The Labute approximate surface area is 131 Å². The molecule has 2 atom stereocenters. The first-order valence-corrected chi connectivity index (χ1v) is 7.71. The van der Waals surface area contributed by atoms with Crippen molar-refractivity contribution in [1.29, 1.82) is 0 Å². The molecule has 2 rings (SSSR count). The highest BCUT2D eigenvalue weighted by atomic mass is 79.9. The van der Waals surface area contributed by atoms with Crippen molar-refractivity contribution < 1.29 is 9.59 Å². The zero-order valence-corrected chi connectivity index (χ0v) is 13.7. The summed E-state index contributed by atoms with van der Waals surface area (Å²) >= 11 is 9.31. The van der Waals surface area contributed by atoms with E-state index in [4.69, 9.17) is 11.6 Å². The third-order valence-electron chi connectivity index (χ3n) is 3.38. The number of carbonyl (C=O) groups excluding carboxylic acids is 2. The first-order chi connectivity index (χ1) is 9.45. The molecule has 0 spiro atoms. The molecule has 2 unspecified atom stereocenters. The SMILES string of the molecule is CCCC1NC(=O)C(C)N(c2ccc(Cl)c(Br)c2)C1=O. The van der Waals surface area contributed by atoms with Crippen LogP contribution in [0.1, 0.15) is 26.7 Å². The molecule has 0 bridgehead atoms. The zero-order valence-electron chi connectivity index (χ0n) is 11.3. The molecule has 0 aromatic heterocycles. The molecule has 6 heteroatoms. The number of amides is 2. The van der Waals surface area contributed by atoms with E-state index in [0.717, 1.165) is 6.42 Å². The van der Waals surface area contributed by atoms with Gasteiger partial charge in [-0.15, -0.1) is 0 Å². The van der Waals surface area contributed by atoms with Crippen LogP contribution in [-0.2, 0) is 9.59 Å². The lowest BCUT2D eigenvalue weighted by Crippen LogP contribution is -2.62. The minimum atomic E-state index is -0.524. The minimum Gasteiger partial charge on any atom is -0.342 e. The molecule has 1 N–H and O–H groups in total. The number of rotatable bonds is 3. The van der Waals surface area contributed by atoms with Crippen molar-refractivity contribution in [3.05, 3.63) is 27.7 Å². The van der Waals surface area contributed by atoms with E-state index >= 15 is 0 Å². The van der Waals surface area contributed by atoms with Crippen LogP contribution >= 0.6 is 27.5 Å². The van der Waals surface area contributed by atoms with E-state index in [1.54, 1.807) is 30.0 Å². The van der Waals surface area contributed by atoms with Gasteiger partial charge < -0.3 is 5.32 Å². The molecule has 20 heavy (non-hydrogen) atoms. The van der Waals surface area contributed by atoms with Gasteiger partial charge >= 0.3 is 0 Å². The average Bonchev–Trinajstić information content (AvgIpc) is 2.40. The molecule has 1 aliphatic heterocycles. The molecule has 2 amide bonds. The second kappa shape index (κ2) is 6.14. The normalized spacial score (nSPS) is 22.9. The van der Waals surface area contributed by atoms with Gasteiger partial charge in [-0.25, -0.2) is 0 Å². The molecule has 0 saturated carbocycles. The van der Waals surface area contributed by atoms with Crippen LogP contribution in [0.3, 0.4) is 0 Å². The van der Waals surface area contributed by atoms with E-state index in [1.807, 2.05) is 6.92 Å². The Morgan fingerprint density at radius 2 is 2.10 bits per heavy atom. The van der Waals surface area contributed by atoms with Crippen molar-refractivity contribution in [2.45, 2.75) is 38.8 Å². The summed E-state index contributed by atoms with van der Waals surface area (Å²) in [6.45, 7) is 3.71. The van der Waals surface area contributed by atoms with Gasteiger partial charge in [0.2, 0.25) is 11.8 Å². The lowest BCUT2D eigenvalue weighted by atomic mass is 10.0. The number of benzene rings is 1. The molecule has 0 radical (unpaired) electrons. The maximum atomic E-state index is 12.5. The summed E-state index contributed by atoms with van der Waals surface area (Å²) in [5.41, 5.74) is 0.676. The van der Waals surface area contributed by atoms with E-state index in [2.05, 4.69) is 21.2 Å². The van der Waals surface area contributed by atoms with Crippen LogP contribution in [-0.4, -0.2) is 23.9 Å². The van der Waals surface area contributed by atoms with Crippen molar-refractivity contribution in [2.75, 3.05) is 4.90 Å². The lowest BCUT2D eigenvalue weighted by Gasteiger charge is -2.37. The average molecular weight is 360 g/mol.